The van der Waals surface area contributed by atoms with E-state index in [4.69, 9.17) is 15.0 Å². The van der Waals surface area contributed by atoms with Gasteiger partial charge in [0.25, 0.3) is 0 Å². The van der Waals surface area contributed by atoms with Crippen LogP contribution in [0.3, 0.4) is 0 Å². The number of hydrogen-bond acceptors (Lipinski definition) is 4. The molecule has 0 N–H and O–H groups in total. The fraction of sp³-hybridized carbons (Fsp3) is 0. The molecule has 0 aliphatic carbocycles. The van der Waals surface area contributed by atoms with E-state index in [1.165, 1.54) is 0 Å². The van der Waals surface area contributed by atoms with E-state index >= 15 is 0 Å². The molecular formula is C38H26N4. The molecule has 0 aliphatic heterocycles. The van der Waals surface area contributed by atoms with Crippen LogP contribution in [0.15, 0.2) is 158 Å². The van der Waals surface area contributed by atoms with Crippen molar-refractivity contribution in [1.29, 1.82) is 0 Å². The Bertz CT molecular complexity index is 1860. The van der Waals surface area contributed by atoms with Crippen molar-refractivity contribution in [3.8, 4) is 67.5 Å². The molecule has 0 amide bonds. The van der Waals surface area contributed by atoms with Gasteiger partial charge >= 0.3 is 0 Å². The molecule has 0 fully saturated rings. The molecule has 4 aromatic carbocycles. The predicted octanol–water partition coefficient (Wildman–Crippen LogP) is 9.27. The molecule has 0 atom stereocenters. The normalized spacial score (nSPS) is 10.9. The number of pyridine rings is 2. The van der Waals surface area contributed by atoms with Gasteiger partial charge < -0.3 is 0 Å². The number of rotatable bonds is 6. The highest BCUT2D eigenvalue weighted by molar-refractivity contribution is 5.74. The lowest BCUT2D eigenvalue weighted by atomic mass is 10.0. The van der Waals surface area contributed by atoms with Crippen LogP contribution in [0.5, 0.6) is 0 Å². The van der Waals surface area contributed by atoms with Gasteiger partial charge in [0.1, 0.15) is 0 Å². The second kappa shape index (κ2) is 11.4. The van der Waals surface area contributed by atoms with Crippen LogP contribution in [0.1, 0.15) is 0 Å². The van der Waals surface area contributed by atoms with Gasteiger partial charge in [-0.15, -0.1) is 0 Å². The highest BCUT2D eigenvalue weighted by Crippen LogP contribution is 2.30. The highest BCUT2D eigenvalue weighted by Gasteiger charge is 2.11. The van der Waals surface area contributed by atoms with Gasteiger partial charge in [0, 0.05) is 40.2 Å². The van der Waals surface area contributed by atoms with E-state index in [1.54, 1.807) is 0 Å². The average molecular weight is 539 g/mol. The molecule has 4 heteroatoms. The molecule has 0 spiro atoms. The summed E-state index contributed by atoms with van der Waals surface area (Å²) in [4.78, 5) is 19.2. The minimum Gasteiger partial charge on any atom is -0.254 e. The molecule has 198 valence electrons. The topological polar surface area (TPSA) is 51.6 Å². The van der Waals surface area contributed by atoms with Crippen molar-refractivity contribution in [3.05, 3.63) is 158 Å². The first-order chi connectivity index (χ1) is 20.8. The molecule has 0 unspecified atom stereocenters. The summed E-state index contributed by atoms with van der Waals surface area (Å²) in [6, 6.07) is 49.3. The largest absolute Gasteiger partial charge is 0.254 e. The Morgan fingerprint density at radius 2 is 0.667 bits per heavy atom. The van der Waals surface area contributed by atoms with E-state index in [0.717, 1.165) is 61.7 Å². The smallest absolute Gasteiger partial charge is 0.160 e. The Morgan fingerprint density at radius 1 is 0.286 bits per heavy atom. The van der Waals surface area contributed by atoms with E-state index in [1.807, 2.05) is 91.3 Å². The molecule has 7 aromatic rings. The van der Waals surface area contributed by atoms with Gasteiger partial charge in [-0.05, 0) is 29.3 Å². The Balaban J connectivity index is 1.15. The lowest BCUT2D eigenvalue weighted by molar-refractivity contribution is 1.18. The monoisotopic (exact) mass is 538 g/mol. The van der Waals surface area contributed by atoms with Gasteiger partial charge in [-0.1, -0.05) is 127 Å². The molecule has 0 saturated carbocycles. The summed E-state index contributed by atoms with van der Waals surface area (Å²) in [6.07, 6.45) is 3.81. The summed E-state index contributed by atoms with van der Waals surface area (Å²) in [6.45, 7) is 0. The van der Waals surface area contributed by atoms with Crippen molar-refractivity contribution in [2.45, 2.75) is 0 Å². The van der Waals surface area contributed by atoms with Crippen LogP contribution < -0.4 is 0 Å². The Kier molecular flexibility index (Phi) is 6.85. The standard InChI is InChI=1S/C38H26N4/c1-4-10-27(11-5-1)32-20-22-34(39-25-32)35-23-21-33(26-40-35)28-16-18-30(19-17-28)37-24-36(29-12-6-2-7-13-29)41-38(42-37)31-14-8-3-9-15-31/h1-26H. The minimum absolute atomic E-state index is 0.709. The zero-order valence-electron chi connectivity index (χ0n) is 22.8. The maximum absolute atomic E-state index is 4.94. The third kappa shape index (κ3) is 5.34. The quantitative estimate of drug-likeness (QED) is 0.212. The van der Waals surface area contributed by atoms with E-state index in [0.29, 0.717) is 5.82 Å². The molecule has 3 aromatic heterocycles. The van der Waals surface area contributed by atoms with Gasteiger partial charge in [0.2, 0.25) is 0 Å². The zero-order chi connectivity index (χ0) is 28.1. The Labute approximate surface area is 245 Å². The van der Waals surface area contributed by atoms with Crippen molar-refractivity contribution >= 4 is 0 Å². The molecular weight excluding hydrogens is 512 g/mol. The Morgan fingerprint density at radius 3 is 1.14 bits per heavy atom. The van der Waals surface area contributed by atoms with E-state index < -0.39 is 0 Å². The summed E-state index contributed by atoms with van der Waals surface area (Å²) in [5.74, 6) is 0.709. The third-order valence-corrected chi connectivity index (χ3v) is 7.24. The second-order valence-electron chi connectivity index (χ2n) is 10.0. The minimum atomic E-state index is 0.709. The van der Waals surface area contributed by atoms with Gasteiger partial charge in [-0.2, -0.15) is 0 Å². The van der Waals surface area contributed by atoms with Crippen LogP contribution in [0.4, 0.5) is 0 Å². The fourth-order valence-electron chi connectivity index (χ4n) is 4.96. The summed E-state index contributed by atoms with van der Waals surface area (Å²) in [7, 11) is 0. The molecule has 0 aliphatic rings. The third-order valence-electron chi connectivity index (χ3n) is 7.24. The summed E-state index contributed by atoms with van der Waals surface area (Å²) in [5, 5.41) is 0. The van der Waals surface area contributed by atoms with Gasteiger partial charge in [-0.3, -0.25) is 9.97 Å². The van der Waals surface area contributed by atoms with Crippen LogP contribution in [0.2, 0.25) is 0 Å². The number of aromatic nitrogens is 4. The molecule has 3 heterocycles. The van der Waals surface area contributed by atoms with Crippen LogP contribution in [0, 0.1) is 0 Å². The summed E-state index contributed by atoms with van der Waals surface area (Å²) < 4.78 is 0. The first-order valence-corrected chi connectivity index (χ1v) is 13.9. The number of benzene rings is 4. The Hall–Kier alpha value is -5.74. The second-order valence-corrected chi connectivity index (χ2v) is 10.0. The van der Waals surface area contributed by atoms with Crippen molar-refractivity contribution in [2.24, 2.45) is 0 Å². The summed E-state index contributed by atoms with van der Waals surface area (Å²) >= 11 is 0. The SMILES string of the molecule is c1ccc(-c2ccc(-c3ccc(-c4ccc(-c5cc(-c6ccccc6)nc(-c6ccccc6)n5)cc4)cn3)nc2)cc1. The zero-order valence-corrected chi connectivity index (χ0v) is 22.8. The lowest BCUT2D eigenvalue weighted by Crippen LogP contribution is -1.95. The number of hydrogen-bond donors (Lipinski definition) is 0. The van der Waals surface area contributed by atoms with Crippen LogP contribution in [0.25, 0.3) is 67.5 Å². The van der Waals surface area contributed by atoms with Crippen LogP contribution >= 0.6 is 0 Å². The van der Waals surface area contributed by atoms with Gasteiger partial charge in [0.05, 0.1) is 22.8 Å². The van der Waals surface area contributed by atoms with E-state index in [2.05, 4.69) is 71.7 Å². The van der Waals surface area contributed by atoms with E-state index in [-0.39, 0.29) is 0 Å². The molecule has 7 rings (SSSR count). The van der Waals surface area contributed by atoms with Gasteiger partial charge in [0.15, 0.2) is 5.82 Å². The van der Waals surface area contributed by atoms with Crippen LogP contribution in [-0.4, -0.2) is 19.9 Å². The molecule has 4 nitrogen and oxygen atoms in total. The fourth-order valence-corrected chi connectivity index (χ4v) is 4.96. The molecule has 0 radical (unpaired) electrons. The van der Waals surface area contributed by atoms with Crippen LogP contribution in [-0.2, 0) is 0 Å². The van der Waals surface area contributed by atoms with Gasteiger partial charge in [-0.25, -0.2) is 9.97 Å². The molecule has 42 heavy (non-hydrogen) atoms. The number of nitrogens with zero attached hydrogens (tertiary/aromatic N) is 4. The van der Waals surface area contributed by atoms with E-state index in [9.17, 15) is 0 Å². The maximum Gasteiger partial charge on any atom is 0.160 e. The lowest BCUT2D eigenvalue weighted by Gasteiger charge is -2.10. The highest BCUT2D eigenvalue weighted by atomic mass is 14.9. The molecule has 0 saturated heterocycles. The van der Waals surface area contributed by atoms with Crippen molar-refractivity contribution in [2.75, 3.05) is 0 Å². The van der Waals surface area contributed by atoms with Crippen molar-refractivity contribution in [3.63, 3.8) is 0 Å². The average Bonchev–Trinajstić information content (AvgIpc) is 3.09. The van der Waals surface area contributed by atoms with Crippen molar-refractivity contribution in [1.82, 2.24) is 19.9 Å². The maximum atomic E-state index is 4.94. The first-order valence-electron chi connectivity index (χ1n) is 13.9. The first kappa shape index (κ1) is 25.2. The van der Waals surface area contributed by atoms with Crippen molar-refractivity contribution < 1.29 is 0 Å². The molecule has 0 bridgehead atoms. The summed E-state index contributed by atoms with van der Waals surface area (Å²) in [5.41, 5.74) is 10.9. The predicted molar refractivity (Wildman–Crippen MR) is 170 cm³/mol.